The zero-order valence-corrected chi connectivity index (χ0v) is 10.6. The number of non-ortho nitro benzene ring substituents is 1. The average molecular weight is 294 g/mol. The van der Waals surface area contributed by atoms with Crippen LogP contribution in [-0.2, 0) is 14.4 Å². The van der Waals surface area contributed by atoms with Gasteiger partial charge in [-0.3, -0.25) is 24.5 Å². The van der Waals surface area contributed by atoms with E-state index in [1.54, 1.807) is 5.59 Å². The molecule has 0 spiro atoms. The summed E-state index contributed by atoms with van der Waals surface area (Å²) in [5.41, 5.74) is 1.59. The minimum Gasteiger partial charge on any atom is -0.356 e. The summed E-state index contributed by atoms with van der Waals surface area (Å²) in [5, 5.41) is 10.7. The summed E-state index contributed by atoms with van der Waals surface area (Å²) in [5.74, 6) is 2.38. The predicted molar refractivity (Wildman–Crippen MR) is 67.8 cm³/mol. The van der Waals surface area contributed by atoms with E-state index in [9.17, 15) is 24.5 Å². The number of carbonyl (C=O) groups excluding carboxylic acids is 3. The number of amides is 1. The van der Waals surface area contributed by atoms with E-state index in [-0.39, 0.29) is 29.9 Å². The normalized spacial score (nSPS) is 13.3. The molecule has 10 nitrogen and oxygen atoms in total. The molecule has 1 aliphatic rings. The summed E-state index contributed by atoms with van der Waals surface area (Å²) in [6.07, 6.45) is -0.195. The molecule has 0 aromatic heterocycles. The first kappa shape index (κ1) is 14.6. The first-order valence-electron chi connectivity index (χ1n) is 5.75. The number of ketones is 1. The molecule has 1 aliphatic heterocycles. The maximum Gasteiger partial charge on any atom is 0.328 e. The van der Waals surface area contributed by atoms with E-state index in [2.05, 4.69) is 4.84 Å². The van der Waals surface area contributed by atoms with Gasteiger partial charge in [-0.05, 0) is 6.07 Å². The number of rotatable bonds is 5. The molecule has 0 saturated carbocycles. The van der Waals surface area contributed by atoms with Gasteiger partial charge in [0, 0.05) is 18.7 Å². The number of carbonyl (C=O) groups is 3. The number of nitrogens with one attached hydrogen (secondary N) is 1. The third-order valence-electron chi connectivity index (χ3n) is 2.88. The van der Waals surface area contributed by atoms with Gasteiger partial charge in [0.1, 0.15) is 0 Å². The van der Waals surface area contributed by atoms with Crippen molar-refractivity contribution in [2.45, 2.75) is 6.42 Å². The first-order valence-corrected chi connectivity index (χ1v) is 5.75. The van der Waals surface area contributed by atoms with Crippen LogP contribution in [0.5, 0.6) is 0 Å². The lowest BCUT2D eigenvalue weighted by Crippen LogP contribution is -2.33. The number of nitro benzene ring substituents is 1. The van der Waals surface area contributed by atoms with Crippen LogP contribution >= 0.6 is 0 Å². The van der Waals surface area contributed by atoms with Crippen LogP contribution in [0.25, 0.3) is 0 Å². The fraction of sp³-hybridized carbons (Fsp3) is 0.182. The third kappa shape index (κ3) is 2.70. The maximum atomic E-state index is 11.8. The third-order valence-corrected chi connectivity index (χ3v) is 2.88. The molecule has 0 unspecified atom stereocenters. The van der Waals surface area contributed by atoms with Crippen LogP contribution < -0.4 is 16.3 Å². The number of hydrogen-bond donors (Lipinski definition) is 2. The second kappa shape index (κ2) is 5.64. The van der Waals surface area contributed by atoms with Crippen LogP contribution in [0, 0.1) is 10.1 Å². The summed E-state index contributed by atoms with van der Waals surface area (Å²) >= 11 is 0. The smallest absolute Gasteiger partial charge is 0.328 e. The molecule has 2 rings (SSSR count). The van der Waals surface area contributed by atoms with Gasteiger partial charge in [0.05, 0.1) is 22.6 Å². The molecular weight excluding hydrogens is 284 g/mol. The fourth-order valence-electron chi connectivity index (χ4n) is 1.94. The summed E-state index contributed by atoms with van der Waals surface area (Å²) in [6.45, 7) is -0.101. The Labute approximate surface area is 117 Å². The van der Waals surface area contributed by atoms with Crippen LogP contribution in [0.4, 0.5) is 11.4 Å². The Morgan fingerprint density at radius 3 is 2.76 bits per heavy atom. The second-order valence-corrected chi connectivity index (χ2v) is 4.09. The van der Waals surface area contributed by atoms with Crippen LogP contribution in [0.15, 0.2) is 18.2 Å². The van der Waals surface area contributed by atoms with E-state index in [0.717, 1.165) is 11.0 Å². The molecule has 1 amide bonds. The molecule has 1 heterocycles. The molecule has 0 fully saturated rings. The lowest BCUT2D eigenvalue weighted by molar-refractivity contribution is -0.384. The summed E-state index contributed by atoms with van der Waals surface area (Å²) in [7, 11) is 0. The van der Waals surface area contributed by atoms with Gasteiger partial charge in [-0.2, -0.15) is 0 Å². The quantitative estimate of drug-likeness (QED) is 0.318. The van der Waals surface area contributed by atoms with Crippen molar-refractivity contribution in [3.8, 4) is 0 Å². The van der Waals surface area contributed by atoms with E-state index < -0.39 is 22.6 Å². The Hall–Kier alpha value is -2.85. The maximum absolute atomic E-state index is 11.8. The van der Waals surface area contributed by atoms with Crippen molar-refractivity contribution in [1.29, 1.82) is 0 Å². The molecule has 110 valence electrons. The lowest BCUT2D eigenvalue weighted by atomic mass is 10.1. The molecule has 21 heavy (non-hydrogen) atoms. The summed E-state index contributed by atoms with van der Waals surface area (Å²) in [6, 6.07) is 3.51. The SMILES string of the molecule is NNOC(=O)CCN1C(=O)C(=O)c2cc([N+](=O)[O-])ccc21. The Morgan fingerprint density at radius 1 is 1.43 bits per heavy atom. The molecule has 0 aliphatic carbocycles. The highest BCUT2D eigenvalue weighted by atomic mass is 16.7. The van der Waals surface area contributed by atoms with Gasteiger partial charge in [-0.1, -0.05) is 5.59 Å². The monoisotopic (exact) mass is 294 g/mol. The second-order valence-electron chi connectivity index (χ2n) is 4.09. The van der Waals surface area contributed by atoms with E-state index in [0.29, 0.717) is 0 Å². The number of nitro groups is 1. The van der Waals surface area contributed by atoms with Crippen molar-refractivity contribution >= 4 is 29.0 Å². The molecule has 0 radical (unpaired) electrons. The molecule has 3 N–H and O–H groups in total. The van der Waals surface area contributed by atoms with Crippen molar-refractivity contribution in [3.63, 3.8) is 0 Å². The zero-order chi connectivity index (χ0) is 15.6. The topological polar surface area (TPSA) is 145 Å². The van der Waals surface area contributed by atoms with Crippen molar-refractivity contribution in [3.05, 3.63) is 33.9 Å². The van der Waals surface area contributed by atoms with E-state index >= 15 is 0 Å². The Morgan fingerprint density at radius 2 is 2.14 bits per heavy atom. The fourth-order valence-corrected chi connectivity index (χ4v) is 1.94. The number of anilines is 1. The number of Topliss-reactive ketones (excluding diaryl/α,β-unsaturated/α-hetero) is 1. The van der Waals surface area contributed by atoms with E-state index in [1.165, 1.54) is 12.1 Å². The van der Waals surface area contributed by atoms with Crippen LogP contribution in [0.1, 0.15) is 16.8 Å². The lowest BCUT2D eigenvalue weighted by Gasteiger charge is -2.15. The molecule has 1 aromatic carbocycles. The first-order chi connectivity index (χ1) is 9.95. The molecule has 0 atom stereocenters. The van der Waals surface area contributed by atoms with Gasteiger partial charge in [0.15, 0.2) is 0 Å². The Kier molecular flexibility index (Phi) is 3.91. The molecule has 0 saturated heterocycles. The van der Waals surface area contributed by atoms with Crippen molar-refractivity contribution in [2.24, 2.45) is 5.84 Å². The number of benzene rings is 1. The highest BCUT2D eigenvalue weighted by molar-refractivity contribution is 6.52. The molecule has 10 heteroatoms. The van der Waals surface area contributed by atoms with Crippen LogP contribution in [0.2, 0.25) is 0 Å². The van der Waals surface area contributed by atoms with Gasteiger partial charge in [0.25, 0.3) is 17.4 Å². The van der Waals surface area contributed by atoms with Gasteiger partial charge in [0.2, 0.25) is 0 Å². The average Bonchev–Trinajstić information content (AvgIpc) is 2.69. The molecule has 0 bridgehead atoms. The van der Waals surface area contributed by atoms with E-state index in [1.807, 2.05) is 0 Å². The highest BCUT2D eigenvalue weighted by Gasteiger charge is 2.37. The highest BCUT2D eigenvalue weighted by Crippen LogP contribution is 2.31. The minimum absolute atomic E-state index is 0.0560. The number of hydrogen-bond acceptors (Lipinski definition) is 8. The van der Waals surface area contributed by atoms with Gasteiger partial charge in [-0.15, -0.1) is 0 Å². The number of nitrogens with zero attached hydrogens (tertiary/aromatic N) is 2. The van der Waals surface area contributed by atoms with E-state index in [4.69, 9.17) is 5.84 Å². The minimum atomic E-state index is -0.848. The Bertz CT molecular complexity index is 644. The van der Waals surface area contributed by atoms with Gasteiger partial charge < -0.3 is 9.74 Å². The Balaban J connectivity index is 2.23. The van der Waals surface area contributed by atoms with Gasteiger partial charge in [-0.25, -0.2) is 5.84 Å². The van der Waals surface area contributed by atoms with Crippen molar-refractivity contribution in [2.75, 3.05) is 11.4 Å². The number of fused-ring (bicyclic) bond motifs is 1. The summed E-state index contributed by atoms with van der Waals surface area (Å²) in [4.78, 5) is 50.1. The number of nitrogens with two attached hydrogens (primary N) is 1. The predicted octanol–water partition coefficient (Wildman–Crippen LogP) is -0.564. The van der Waals surface area contributed by atoms with Gasteiger partial charge >= 0.3 is 5.97 Å². The number of hydrazine groups is 1. The van der Waals surface area contributed by atoms with Crippen LogP contribution in [0.3, 0.4) is 0 Å². The van der Waals surface area contributed by atoms with Crippen molar-refractivity contribution < 1.29 is 24.1 Å². The zero-order valence-electron chi connectivity index (χ0n) is 10.6. The largest absolute Gasteiger partial charge is 0.356 e. The summed E-state index contributed by atoms with van der Waals surface area (Å²) < 4.78 is 0. The molecule has 1 aromatic rings. The van der Waals surface area contributed by atoms with Crippen molar-refractivity contribution in [1.82, 2.24) is 5.59 Å². The van der Waals surface area contributed by atoms with Crippen LogP contribution in [-0.4, -0.2) is 29.1 Å². The standard InChI is InChI=1S/C11H10N4O6/c12-13-21-9(16)3-4-14-8-2-1-6(15(19)20)5-7(8)10(17)11(14)18/h1-2,5,13H,3-4,12H2. The molecular formula is C11H10N4O6.